The maximum Gasteiger partial charge on any atom is 0.159 e. The molecule has 2 rings (SSSR count). The van der Waals surface area contributed by atoms with Crippen molar-refractivity contribution in [2.75, 3.05) is 6.54 Å². The van der Waals surface area contributed by atoms with Crippen LogP contribution >= 0.6 is 11.3 Å². The van der Waals surface area contributed by atoms with Crippen LogP contribution in [0.3, 0.4) is 0 Å². The Labute approximate surface area is 119 Å². The Morgan fingerprint density at radius 3 is 2.74 bits per heavy atom. The highest BCUT2D eigenvalue weighted by atomic mass is 32.1. The molecule has 1 aromatic heterocycles. The lowest BCUT2D eigenvalue weighted by atomic mass is 9.87. The van der Waals surface area contributed by atoms with Crippen LogP contribution in [0.15, 0.2) is 5.38 Å². The van der Waals surface area contributed by atoms with Gasteiger partial charge in [0.2, 0.25) is 0 Å². The zero-order chi connectivity index (χ0) is 14.1. The van der Waals surface area contributed by atoms with Gasteiger partial charge in [-0.1, -0.05) is 27.7 Å². The lowest BCUT2D eigenvalue weighted by Crippen LogP contribution is -2.47. The summed E-state index contributed by atoms with van der Waals surface area (Å²) in [5.74, 6) is 0.308. The van der Waals surface area contributed by atoms with E-state index in [1.165, 1.54) is 0 Å². The van der Waals surface area contributed by atoms with Gasteiger partial charge in [-0.05, 0) is 25.8 Å². The first kappa shape index (κ1) is 14.7. The number of nitrogens with one attached hydrogen (secondary N) is 1. The average Bonchev–Trinajstić information content (AvgIpc) is 2.96. The summed E-state index contributed by atoms with van der Waals surface area (Å²) in [6.07, 6.45) is 3.43. The van der Waals surface area contributed by atoms with Gasteiger partial charge >= 0.3 is 0 Å². The normalized spacial score (nSPS) is 23.8. The minimum atomic E-state index is -0.284. The van der Waals surface area contributed by atoms with Crippen molar-refractivity contribution in [3.63, 3.8) is 0 Å². The minimum Gasteiger partial charge on any atom is -0.305 e. The van der Waals surface area contributed by atoms with Crippen molar-refractivity contribution in [2.45, 2.75) is 64.3 Å². The third-order valence-electron chi connectivity index (χ3n) is 4.01. The second kappa shape index (κ2) is 5.33. The second-order valence-electron chi connectivity index (χ2n) is 6.44. The number of carbonyl (C=O) groups is 1. The first-order valence-corrected chi connectivity index (χ1v) is 7.98. The lowest BCUT2D eigenvalue weighted by Gasteiger charge is -2.26. The van der Waals surface area contributed by atoms with Gasteiger partial charge in [-0.2, -0.15) is 0 Å². The average molecular weight is 280 g/mol. The summed E-state index contributed by atoms with van der Waals surface area (Å²) in [6.45, 7) is 9.52. The van der Waals surface area contributed by atoms with E-state index in [0.717, 1.165) is 36.5 Å². The fourth-order valence-electron chi connectivity index (χ4n) is 2.59. The molecule has 1 aliphatic heterocycles. The molecule has 1 aliphatic rings. The van der Waals surface area contributed by atoms with E-state index in [1.54, 1.807) is 11.3 Å². The molecule has 1 N–H and O–H groups in total. The molecule has 19 heavy (non-hydrogen) atoms. The fraction of sp³-hybridized carbons (Fsp3) is 0.733. The maximum atomic E-state index is 12.5. The molecule has 1 unspecified atom stereocenters. The molecule has 1 aromatic rings. The molecule has 106 valence electrons. The van der Waals surface area contributed by atoms with Gasteiger partial charge in [-0.3, -0.25) is 4.79 Å². The Bertz CT molecular complexity index is 453. The molecule has 4 heteroatoms. The summed E-state index contributed by atoms with van der Waals surface area (Å²) >= 11 is 1.61. The van der Waals surface area contributed by atoms with Crippen molar-refractivity contribution in [3.8, 4) is 0 Å². The van der Waals surface area contributed by atoms with Crippen LogP contribution in [0.4, 0.5) is 0 Å². The summed E-state index contributed by atoms with van der Waals surface area (Å²) < 4.78 is 0. The summed E-state index contributed by atoms with van der Waals surface area (Å²) in [7, 11) is 0. The van der Waals surface area contributed by atoms with Gasteiger partial charge in [-0.15, -0.1) is 11.3 Å². The third-order valence-corrected chi connectivity index (χ3v) is 4.86. The van der Waals surface area contributed by atoms with Crippen molar-refractivity contribution < 1.29 is 4.79 Å². The van der Waals surface area contributed by atoms with Crippen LogP contribution in [0.2, 0.25) is 0 Å². The number of rotatable bonds is 4. The number of aromatic nitrogens is 1. The van der Waals surface area contributed by atoms with E-state index < -0.39 is 0 Å². The number of carbonyl (C=O) groups excluding carboxylic acids is 1. The zero-order valence-corrected chi connectivity index (χ0v) is 13.2. The molecule has 0 bridgehead atoms. The predicted octanol–water partition coefficient (Wildman–Crippen LogP) is 3.08. The van der Waals surface area contributed by atoms with Gasteiger partial charge in [-0.25, -0.2) is 4.98 Å². The van der Waals surface area contributed by atoms with Crippen LogP contribution in [0.5, 0.6) is 0 Å². The Kier molecular flexibility index (Phi) is 4.11. The predicted molar refractivity (Wildman–Crippen MR) is 79.8 cm³/mol. The van der Waals surface area contributed by atoms with Crippen LogP contribution in [0.1, 0.15) is 57.7 Å². The monoisotopic (exact) mass is 280 g/mol. The molecule has 0 aromatic carbocycles. The summed E-state index contributed by atoms with van der Waals surface area (Å²) in [4.78, 5) is 17.2. The Morgan fingerprint density at radius 1 is 1.53 bits per heavy atom. The van der Waals surface area contributed by atoms with Gasteiger partial charge < -0.3 is 5.32 Å². The highest BCUT2D eigenvalue weighted by Crippen LogP contribution is 2.28. The number of thiazole rings is 1. The summed E-state index contributed by atoms with van der Waals surface area (Å²) in [5.41, 5.74) is 0.865. The SMILES string of the molecule is CCC1(C(=O)Cc2nc(C(C)(C)C)cs2)CCCN1. The Morgan fingerprint density at radius 2 is 2.26 bits per heavy atom. The van der Waals surface area contributed by atoms with E-state index in [1.807, 2.05) is 0 Å². The highest BCUT2D eigenvalue weighted by molar-refractivity contribution is 7.09. The number of Topliss-reactive ketones (excluding diaryl/α,β-unsaturated/α-hetero) is 1. The largest absolute Gasteiger partial charge is 0.305 e. The standard InChI is InChI=1S/C15H24N2OS/c1-5-15(7-6-8-16-15)12(18)9-13-17-11(10-19-13)14(2,3)4/h10,16H,5-9H2,1-4H3. The number of ketones is 1. The third kappa shape index (κ3) is 3.06. The van der Waals surface area contributed by atoms with Crippen molar-refractivity contribution in [1.29, 1.82) is 0 Å². The van der Waals surface area contributed by atoms with E-state index in [0.29, 0.717) is 12.2 Å². The van der Waals surface area contributed by atoms with E-state index in [4.69, 9.17) is 0 Å². The van der Waals surface area contributed by atoms with E-state index in [9.17, 15) is 4.79 Å². The van der Waals surface area contributed by atoms with Gasteiger partial charge in [0.05, 0.1) is 17.7 Å². The smallest absolute Gasteiger partial charge is 0.159 e. The lowest BCUT2D eigenvalue weighted by molar-refractivity contribution is -0.124. The number of hydrogen-bond donors (Lipinski definition) is 1. The van der Waals surface area contributed by atoms with E-state index >= 15 is 0 Å². The number of nitrogens with zero attached hydrogens (tertiary/aromatic N) is 1. The summed E-state index contributed by atoms with van der Waals surface area (Å²) in [6, 6.07) is 0. The molecule has 1 atom stereocenters. The van der Waals surface area contributed by atoms with Gasteiger partial charge in [0, 0.05) is 10.8 Å². The van der Waals surface area contributed by atoms with Crippen LogP contribution in [0.25, 0.3) is 0 Å². The van der Waals surface area contributed by atoms with Crippen LogP contribution in [-0.4, -0.2) is 22.9 Å². The van der Waals surface area contributed by atoms with Crippen LogP contribution in [-0.2, 0) is 16.6 Å². The van der Waals surface area contributed by atoms with Crippen molar-refractivity contribution >= 4 is 17.1 Å². The van der Waals surface area contributed by atoms with Gasteiger partial charge in [0.15, 0.2) is 5.78 Å². The first-order chi connectivity index (χ1) is 8.87. The van der Waals surface area contributed by atoms with Crippen molar-refractivity contribution in [2.24, 2.45) is 0 Å². The molecule has 0 saturated carbocycles. The Hall–Kier alpha value is -0.740. The summed E-state index contributed by atoms with van der Waals surface area (Å²) in [5, 5.41) is 6.45. The molecule has 2 heterocycles. The molecule has 0 spiro atoms. The maximum absolute atomic E-state index is 12.5. The topological polar surface area (TPSA) is 42.0 Å². The molecule has 1 fully saturated rings. The van der Waals surface area contributed by atoms with Gasteiger partial charge in [0.1, 0.15) is 5.01 Å². The molecule has 0 aliphatic carbocycles. The van der Waals surface area contributed by atoms with Crippen molar-refractivity contribution in [3.05, 3.63) is 16.1 Å². The molecule has 3 nitrogen and oxygen atoms in total. The molecule has 0 radical (unpaired) electrons. The minimum absolute atomic E-state index is 0.0614. The fourth-order valence-corrected chi connectivity index (χ4v) is 3.61. The number of hydrogen-bond acceptors (Lipinski definition) is 4. The highest BCUT2D eigenvalue weighted by Gasteiger charge is 2.38. The molecule has 0 amide bonds. The van der Waals surface area contributed by atoms with Gasteiger partial charge in [0.25, 0.3) is 0 Å². The molecular formula is C15H24N2OS. The molecular weight excluding hydrogens is 256 g/mol. The van der Waals surface area contributed by atoms with Crippen LogP contribution in [0, 0.1) is 0 Å². The van der Waals surface area contributed by atoms with Crippen molar-refractivity contribution in [1.82, 2.24) is 10.3 Å². The Balaban J connectivity index is 2.09. The van der Waals surface area contributed by atoms with E-state index in [2.05, 4.69) is 43.4 Å². The zero-order valence-electron chi connectivity index (χ0n) is 12.4. The molecule has 1 saturated heterocycles. The first-order valence-electron chi connectivity index (χ1n) is 7.10. The quantitative estimate of drug-likeness (QED) is 0.921. The second-order valence-corrected chi connectivity index (χ2v) is 7.39. The van der Waals surface area contributed by atoms with E-state index in [-0.39, 0.29) is 11.0 Å². The van der Waals surface area contributed by atoms with Crippen LogP contribution < -0.4 is 5.32 Å².